The highest BCUT2D eigenvalue weighted by atomic mass is 32.2. The monoisotopic (exact) mass is 466 g/mol. The van der Waals surface area contributed by atoms with E-state index in [1.54, 1.807) is 23.1 Å². The first-order valence-corrected chi connectivity index (χ1v) is 11.8. The number of nitrogens with one attached hydrogen (secondary N) is 1. The van der Waals surface area contributed by atoms with Crippen molar-refractivity contribution >= 4 is 15.9 Å². The molecule has 0 unspecified atom stereocenters. The molecule has 0 aromatic heterocycles. The number of benzene rings is 2. The van der Waals surface area contributed by atoms with Crippen molar-refractivity contribution in [3.8, 4) is 0 Å². The van der Waals surface area contributed by atoms with Crippen LogP contribution in [0.25, 0.3) is 0 Å². The van der Waals surface area contributed by atoms with Gasteiger partial charge in [-0.1, -0.05) is 18.2 Å². The summed E-state index contributed by atoms with van der Waals surface area (Å²) in [6.45, 7) is 0.990. The maximum Gasteiger partial charge on any atom is 0.243 e. The first kappa shape index (κ1) is 22.8. The number of fused-ring (bicyclic) bond motifs is 1. The van der Waals surface area contributed by atoms with Crippen molar-refractivity contribution in [3.63, 3.8) is 0 Å². The number of amides is 1. The van der Waals surface area contributed by atoms with E-state index in [9.17, 15) is 26.4 Å². The third-order valence-corrected chi connectivity index (χ3v) is 8.04. The number of hydrogen-bond donors (Lipinski definition) is 0. The van der Waals surface area contributed by atoms with Gasteiger partial charge in [-0.3, -0.25) is 10.5 Å². The molecule has 1 radical (unpaired) electrons. The smallest absolute Gasteiger partial charge is 0.243 e. The second-order valence-electron chi connectivity index (χ2n) is 8.30. The molecule has 0 saturated carbocycles. The van der Waals surface area contributed by atoms with Crippen LogP contribution in [-0.2, 0) is 21.2 Å². The second kappa shape index (κ2) is 8.84. The molecule has 3 atom stereocenters. The molecule has 2 saturated heterocycles. The number of carbonyl (C=O) groups excluding carboxylic acids is 1. The summed E-state index contributed by atoms with van der Waals surface area (Å²) < 4.78 is 67.5. The van der Waals surface area contributed by atoms with Crippen LogP contribution in [0.4, 0.5) is 13.2 Å². The zero-order valence-electron chi connectivity index (χ0n) is 17.2. The third-order valence-electron chi connectivity index (χ3n) is 6.19. The van der Waals surface area contributed by atoms with E-state index in [-0.39, 0.29) is 47.7 Å². The van der Waals surface area contributed by atoms with Crippen LogP contribution >= 0.6 is 0 Å². The van der Waals surface area contributed by atoms with E-state index < -0.39 is 33.5 Å². The predicted octanol–water partition coefficient (Wildman–Crippen LogP) is 2.61. The van der Waals surface area contributed by atoms with Gasteiger partial charge in [0.05, 0.1) is 4.90 Å². The van der Waals surface area contributed by atoms with E-state index in [4.69, 9.17) is 5.73 Å². The quantitative estimate of drug-likeness (QED) is 0.614. The largest absolute Gasteiger partial charge is 0.338 e. The van der Waals surface area contributed by atoms with Gasteiger partial charge in [0.25, 0.3) is 0 Å². The van der Waals surface area contributed by atoms with Crippen LogP contribution in [0.3, 0.4) is 0 Å². The van der Waals surface area contributed by atoms with E-state index in [2.05, 4.69) is 0 Å². The molecule has 2 heterocycles. The Bertz CT molecular complexity index is 1110. The standard InChI is InChI=1S/C22H23F3N3O3S/c23-18-11-20(25)19(24)9-15(18)8-16(26)10-22(29)28-7-6-14-12-27(13-21(14)28)32(30,31)17-4-2-1-3-5-17/h1-5,9,11,14,16,21,26H,6-8,10,12-13H2/t14-,16+,21+/m0/s1. The average Bonchev–Trinajstić information content (AvgIpc) is 3.34. The molecule has 0 spiro atoms. The summed E-state index contributed by atoms with van der Waals surface area (Å²) in [5.41, 5.74) is 7.97. The summed E-state index contributed by atoms with van der Waals surface area (Å²) in [5, 5.41) is 0. The molecular weight excluding hydrogens is 443 g/mol. The Labute approximate surface area is 184 Å². The van der Waals surface area contributed by atoms with Crippen LogP contribution in [-0.4, -0.2) is 55.2 Å². The van der Waals surface area contributed by atoms with Crippen molar-refractivity contribution in [1.29, 1.82) is 0 Å². The molecule has 2 aromatic carbocycles. The van der Waals surface area contributed by atoms with Crippen LogP contribution < -0.4 is 5.73 Å². The second-order valence-corrected chi connectivity index (χ2v) is 10.2. The fraction of sp³-hybridized carbons (Fsp3) is 0.409. The highest BCUT2D eigenvalue weighted by molar-refractivity contribution is 7.89. The Morgan fingerprint density at radius 1 is 1.06 bits per heavy atom. The number of hydrogen-bond acceptors (Lipinski definition) is 3. The molecule has 2 aliphatic heterocycles. The van der Waals surface area contributed by atoms with E-state index >= 15 is 0 Å². The number of sulfonamides is 1. The summed E-state index contributed by atoms with van der Waals surface area (Å²) >= 11 is 0. The summed E-state index contributed by atoms with van der Waals surface area (Å²) in [6, 6.07) is 7.97. The molecule has 0 bridgehead atoms. The predicted molar refractivity (Wildman–Crippen MR) is 110 cm³/mol. The fourth-order valence-electron chi connectivity index (χ4n) is 4.56. The number of rotatable bonds is 6. The van der Waals surface area contributed by atoms with Crippen LogP contribution in [0.1, 0.15) is 18.4 Å². The van der Waals surface area contributed by atoms with Gasteiger partial charge in [0, 0.05) is 44.2 Å². The summed E-state index contributed by atoms with van der Waals surface area (Å²) in [6.07, 6.45) is 0.218. The molecule has 10 heteroatoms. The van der Waals surface area contributed by atoms with Gasteiger partial charge in [-0.15, -0.1) is 0 Å². The van der Waals surface area contributed by atoms with Gasteiger partial charge in [-0.25, -0.2) is 21.6 Å². The zero-order chi connectivity index (χ0) is 23.0. The lowest BCUT2D eigenvalue weighted by Gasteiger charge is -2.26. The zero-order valence-corrected chi connectivity index (χ0v) is 18.0. The molecule has 171 valence electrons. The maximum absolute atomic E-state index is 13.9. The van der Waals surface area contributed by atoms with Gasteiger partial charge in [-0.05, 0) is 42.5 Å². The van der Waals surface area contributed by atoms with Gasteiger partial charge in [0.1, 0.15) is 5.82 Å². The van der Waals surface area contributed by atoms with Crippen molar-refractivity contribution in [3.05, 3.63) is 65.5 Å². The summed E-state index contributed by atoms with van der Waals surface area (Å²) in [4.78, 5) is 14.6. The Morgan fingerprint density at radius 2 is 1.75 bits per heavy atom. The van der Waals surface area contributed by atoms with Gasteiger partial charge >= 0.3 is 0 Å². The Hall–Kier alpha value is -2.43. The molecule has 2 aromatic rings. The van der Waals surface area contributed by atoms with Crippen molar-refractivity contribution in [2.75, 3.05) is 19.6 Å². The van der Waals surface area contributed by atoms with E-state index in [0.717, 1.165) is 0 Å². The molecule has 1 amide bonds. The van der Waals surface area contributed by atoms with Crippen molar-refractivity contribution in [1.82, 2.24) is 14.9 Å². The van der Waals surface area contributed by atoms with Gasteiger partial charge in [-0.2, -0.15) is 4.31 Å². The summed E-state index contributed by atoms with van der Waals surface area (Å²) in [5.74, 6) is -3.76. The first-order valence-electron chi connectivity index (χ1n) is 10.4. The van der Waals surface area contributed by atoms with Crippen LogP contribution in [0.2, 0.25) is 0 Å². The van der Waals surface area contributed by atoms with E-state index in [1.165, 1.54) is 16.4 Å². The molecule has 0 aliphatic carbocycles. The van der Waals surface area contributed by atoms with Crippen molar-refractivity contribution in [2.45, 2.75) is 36.2 Å². The van der Waals surface area contributed by atoms with Gasteiger partial charge in [0.2, 0.25) is 15.9 Å². The highest BCUT2D eigenvalue weighted by Gasteiger charge is 2.46. The first-order chi connectivity index (χ1) is 15.2. The number of halogens is 3. The van der Waals surface area contributed by atoms with E-state index in [0.29, 0.717) is 31.6 Å². The minimum Gasteiger partial charge on any atom is -0.338 e. The summed E-state index contributed by atoms with van der Waals surface area (Å²) in [7, 11) is -3.66. The topological polar surface area (TPSA) is 81.5 Å². The van der Waals surface area contributed by atoms with Crippen molar-refractivity contribution < 1.29 is 26.4 Å². The lowest BCUT2D eigenvalue weighted by Crippen LogP contribution is -2.42. The molecule has 32 heavy (non-hydrogen) atoms. The average molecular weight is 467 g/mol. The highest BCUT2D eigenvalue weighted by Crippen LogP contribution is 2.35. The van der Waals surface area contributed by atoms with Crippen molar-refractivity contribution in [2.24, 2.45) is 5.92 Å². The van der Waals surface area contributed by atoms with Crippen LogP contribution in [0, 0.1) is 23.4 Å². The SMILES string of the molecule is [NH][C@@H](CC(=O)N1CC[C@H]2CN(S(=O)(=O)c3ccccc3)C[C@H]21)Cc1cc(F)c(F)cc1F. The molecule has 6 nitrogen and oxygen atoms in total. The van der Waals surface area contributed by atoms with E-state index in [1.807, 2.05) is 0 Å². The van der Waals surface area contributed by atoms with Crippen LogP contribution in [0.15, 0.2) is 47.4 Å². The lowest BCUT2D eigenvalue weighted by molar-refractivity contribution is -0.132. The number of nitrogens with zero attached hydrogens (tertiary/aromatic N) is 2. The Kier molecular flexibility index (Phi) is 6.28. The number of likely N-dealkylation sites (tertiary alicyclic amines) is 1. The minimum absolute atomic E-state index is 0.0188. The van der Waals surface area contributed by atoms with Gasteiger partial charge < -0.3 is 4.90 Å². The molecule has 1 N–H and O–H groups in total. The molecule has 2 aliphatic rings. The van der Waals surface area contributed by atoms with Crippen LogP contribution in [0.5, 0.6) is 0 Å². The lowest BCUT2D eigenvalue weighted by atomic mass is 10.0. The fourth-order valence-corrected chi connectivity index (χ4v) is 6.09. The van der Waals surface area contributed by atoms with Gasteiger partial charge in [0.15, 0.2) is 11.6 Å². The Morgan fingerprint density at radius 3 is 2.47 bits per heavy atom. The third kappa shape index (κ3) is 4.39. The molecular formula is C22H23F3N3O3S. The maximum atomic E-state index is 13.9. The Balaban J connectivity index is 1.40. The number of carbonyl (C=O) groups is 1. The normalized spacial score (nSPS) is 22.2. The molecule has 2 fully saturated rings. The minimum atomic E-state index is -3.66. The molecule has 4 rings (SSSR count).